The average Bonchev–Trinajstić information content (AvgIpc) is 4.17. The molecule has 14 aromatic rings. The van der Waals surface area contributed by atoms with Gasteiger partial charge in [0.2, 0.25) is 0 Å². The van der Waals surface area contributed by atoms with E-state index in [1.807, 2.05) is 78.9 Å². The van der Waals surface area contributed by atoms with E-state index in [1.54, 1.807) is 12.1 Å². The lowest BCUT2D eigenvalue weighted by molar-refractivity contribution is 0.426. The van der Waals surface area contributed by atoms with Gasteiger partial charge in [-0.1, -0.05) is 265 Å². The van der Waals surface area contributed by atoms with Crippen LogP contribution >= 0.6 is 15.9 Å². The van der Waals surface area contributed by atoms with Crippen LogP contribution in [0.1, 0.15) is 0 Å². The molecule has 8 nitrogen and oxygen atoms in total. The van der Waals surface area contributed by atoms with E-state index >= 15 is 0 Å². The van der Waals surface area contributed by atoms with E-state index in [9.17, 15) is 0 Å². The second kappa shape index (κ2) is 22.3. The lowest BCUT2D eigenvalue weighted by atomic mass is 9.79. The Kier molecular flexibility index (Phi) is 14.1. The van der Waals surface area contributed by atoms with Gasteiger partial charge in [-0.3, -0.25) is 9.13 Å². The number of halogens is 1. The lowest BCUT2D eigenvalue weighted by Crippen LogP contribution is -2.29. The van der Waals surface area contributed by atoms with E-state index in [1.165, 1.54) is 38.1 Å². The Morgan fingerprint density at radius 1 is 0.282 bits per heavy atom. The highest BCUT2D eigenvalue weighted by Crippen LogP contribution is 2.35. The number of benzene rings is 12. The van der Waals surface area contributed by atoms with Gasteiger partial charge in [0.05, 0.1) is 11.4 Å². The van der Waals surface area contributed by atoms with E-state index in [2.05, 4.69) is 228 Å². The zero-order valence-corrected chi connectivity index (χ0v) is 43.7. The van der Waals surface area contributed by atoms with Gasteiger partial charge in [-0.25, -0.2) is 0 Å². The number of hydrogen-bond donors (Lipinski definition) is 2. The van der Waals surface area contributed by atoms with Gasteiger partial charge < -0.3 is 10.0 Å². The summed E-state index contributed by atoms with van der Waals surface area (Å²) >= 11 is 3.51. The maximum absolute atomic E-state index is 8.94. The first kappa shape index (κ1) is 49.3. The molecule has 372 valence electrons. The molecule has 0 unspecified atom stereocenters. The Morgan fingerprint density at radius 2 is 0.628 bits per heavy atom. The highest BCUT2D eigenvalue weighted by Gasteiger charge is 2.21. The monoisotopic (exact) mass is 1070 g/mol. The molecule has 0 amide bonds. The summed E-state index contributed by atoms with van der Waals surface area (Å²) in [6.45, 7) is 0. The van der Waals surface area contributed by atoms with Crippen LogP contribution in [-0.4, -0.2) is 46.7 Å². The molecule has 12 aromatic carbocycles. The second-order valence-corrected chi connectivity index (χ2v) is 19.6. The van der Waals surface area contributed by atoms with Crippen molar-refractivity contribution in [2.24, 2.45) is 0 Å². The molecule has 0 aliphatic rings. The van der Waals surface area contributed by atoms with Gasteiger partial charge >= 0.3 is 7.12 Å². The minimum Gasteiger partial charge on any atom is -0.423 e. The van der Waals surface area contributed by atoms with Gasteiger partial charge in [0, 0.05) is 37.5 Å². The molecule has 0 fully saturated rings. The standard InChI is InChI=1S/C34H23N3.C24H16BrN3.C10H9BO2/c1-2-11-27(12-3-1)33-35-36-34(37(33)32-16-8-14-26-10-6-7-15-31(26)32)28-20-17-25(18-21-28)30-22-19-24-9-4-5-13-29(24)23-30;25-20-15-13-19(14-16-20)24-27-26-23(18-8-2-1-3-9-18)28(24)22-12-6-10-17-7-4-5-11-21(17)22;12-11(13)10-6-5-8-3-1-2-4-9(8)7-10/h1-23H;1-16H;1-7,12-13H. The third kappa shape index (κ3) is 10.3. The molecule has 0 bridgehead atoms. The molecule has 78 heavy (non-hydrogen) atoms. The Hall–Kier alpha value is -9.58. The van der Waals surface area contributed by atoms with Crippen molar-refractivity contribution in [1.82, 2.24) is 29.5 Å². The number of aromatic nitrogens is 6. The van der Waals surface area contributed by atoms with Crippen molar-refractivity contribution in [3.63, 3.8) is 0 Å². The molecular weight excluding hydrogens is 1020 g/mol. The fourth-order valence-corrected chi connectivity index (χ4v) is 10.2. The zero-order valence-electron chi connectivity index (χ0n) is 42.1. The maximum atomic E-state index is 8.94. The summed E-state index contributed by atoms with van der Waals surface area (Å²) in [6.07, 6.45) is 0. The highest BCUT2D eigenvalue weighted by molar-refractivity contribution is 9.10. The normalized spacial score (nSPS) is 11.0. The Balaban J connectivity index is 0.000000130. The predicted molar refractivity (Wildman–Crippen MR) is 324 cm³/mol. The number of hydrogen-bond acceptors (Lipinski definition) is 6. The molecule has 0 radical (unpaired) electrons. The van der Waals surface area contributed by atoms with Crippen molar-refractivity contribution in [1.29, 1.82) is 0 Å². The van der Waals surface area contributed by atoms with Crippen molar-refractivity contribution in [2.45, 2.75) is 0 Å². The van der Waals surface area contributed by atoms with Crippen molar-refractivity contribution in [3.8, 4) is 68.1 Å². The van der Waals surface area contributed by atoms with Crippen LogP contribution in [-0.2, 0) is 0 Å². The largest absolute Gasteiger partial charge is 0.488 e. The minimum absolute atomic E-state index is 0.527. The Labute approximate surface area is 460 Å². The van der Waals surface area contributed by atoms with E-state index < -0.39 is 7.12 Å². The minimum atomic E-state index is -1.38. The smallest absolute Gasteiger partial charge is 0.423 e. The number of nitrogens with zero attached hydrogens (tertiary/aromatic N) is 6. The van der Waals surface area contributed by atoms with Crippen molar-refractivity contribution >= 4 is 71.6 Å². The quantitative estimate of drug-likeness (QED) is 0.147. The SMILES string of the molecule is Brc1ccc(-c2nnc(-c3ccccc3)n2-c2cccc3ccccc23)cc1.OB(O)c1ccc2ccccc2c1.c1ccc(-c2nnc(-c3ccc(-c4ccc5ccccc5c4)cc3)n2-c2cccc3ccccc23)cc1. The summed E-state index contributed by atoms with van der Waals surface area (Å²) in [6, 6.07) is 95.1. The van der Waals surface area contributed by atoms with Crippen LogP contribution in [0.2, 0.25) is 0 Å². The van der Waals surface area contributed by atoms with Gasteiger partial charge in [0.25, 0.3) is 0 Å². The third-order valence-electron chi connectivity index (χ3n) is 13.8. The summed E-state index contributed by atoms with van der Waals surface area (Å²) in [5, 5.41) is 45.7. The third-order valence-corrected chi connectivity index (χ3v) is 14.3. The fourth-order valence-electron chi connectivity index (χ4n) is 9.90. The van der Waals surface area contributed by atoms with Crippen LogP contribution in [0.4, 0.5) is 0 Å². The first-order chi connectivity index (χ1) is 38.4. The first-order valence-corrected chi connectivity index (χ1v) is 26.4. The molecule has 0 saturated carbocycles. The highest BCUT2D eigenvalue weighted by atomic mass is 79.9. The van der Waals surface area contributed by atoms with Crippen molar-refractivity contribution in [2.75, 3.05) is 0 Å². The van der Waals surface area contributed by atoms with Gasteiger partial charge in [-0.05, 0) is 79.2 Å². The van der Waals surface area contributed by atoms with Crippen molar-refractivity contribution in [3.05, 3.63) is 284 Å². The van der Waals surface area contributed by atoms with Gasteiger partial charge in [0.15, 0.2) is 23.3 Å². The molecule has 2 N–H and O–H groups in total. The van der Waals surface area contributed by atoms with E-state index in [0.29, 0.717) is 5.46 Å². The van der Waals surface area contributed by atoms with Crippen LogP contribution in [0.15, 0.2) is 284 Å². The number of rotatable bonds is 8. The molecule has 0 aliphatic heterocycles. The first-order valence-electron chi connectivity index (χ1n) is 25.6. The van der Waals surface area contributed by atoms with Gasteiger partial charge in [-0.15, -0.1) is 20.4 Å². The maximum Gasteiger partial charge on any atom is 0.488 e. The molecule has 2 heterocycles. The van der Waals surface area contributed by atoms with Crippen LogP contribution < -0.4 is 5.46 Å². The topological polar surface area (TPSA) is 102 Å². The average molecular weight is 1070 g/mol. The Morgan fingerprint density at radius 3 is 1.10 bits per heavy atom. The lowest BCUT2D eigenvalue weighted by Gasteiger charge is -2.14. The molecule has 0 saturated heterocycles. The summed E-state index contributed by atoms with van der Waals surface area (Å²) in [5.74, 6) is 3.29. The van der Waals surface area contributed by atoms with E-state index in [-0.39, 0.29) is 0 Å². The molecule has 0 atom stereocenters. The van der Waals surface area contributed by atoms with Crippen LogP contribution in [0.25, 0.3) is 111 Å². The molecule has 2 aromatic heterocycles. The Bertz CT molecular complexity index is 4360. The van der Waals surface area contributed by atoms with Gasteiger partial charge in [0.1, 0.15) is 0 Å². The van der Waals surface area contributed by atoms with E-state index in [4.69, 9.17) is 15.1 Å². The van der Waals surface area contributed by atoms with E-state index in [0.717, 1.165) is 77.6 Å². The van der Waals surface area contributed by atoms with Crippen molar-refractivity contribution < 1.29 is 10.0 Å². The zero-order chi connectivity index (χ0) is 52.8. The van der Waals surface area contributed by atoms with Gasteiger partial charge in [-0.2, -0.15) is 0 Å². The number of fused-ring (bicyclic) bond motifs is 4. The molecule has 0 spiro atoms. The van der Waals surface area contributed by atoms with Crippen LogP contribution in [0.5, 0.6) is 0 Å². The second-order valence-electron chi connectivity index (χ2n) is 18.7. The summed E-state index contributed by atoms with van der Waals surface area (Å²) in [4.78, 5) is 0. The van der Waals surface area contributed by atoms with Crippen LogP contribution in [0.3, 0.4) is 0 Å². The summed E-state index contributed by atoms with van der Waals surface area (Å²) in [7, 11) is -1.38. The summed E-state index contributed by atoms with van der Waals surface area (Å²) < 4.78 is 5.37. The fraction of sp³-hybridized carbons (Fsp3) is 0. The molecule has 10 heteroatoms. The predicted octanol–water partition coefficient (Wildman–Crippen LogP) is 15.6. The van der Waals surface area contributed by atoms with Crippen LogP contribution in [0, 0.1) is 0 Å². The molecular formula is C68H48BBrN6O2. The summed E-state index contributed by atoms with van der Waals surface area (Å²) in [5.41, 5.74) is 9.14. The molecule has 14 rings (SSSR count). The molecule has 0 aliphatic carbocycles.